The van der Waals surface area contributed by atoms with Crippen molar-refractivity contribution in [3.63, 3.8) is 0 Å². The maximum atomic E-state index is 13.7. The van der Waals surface area contributed by atoms with Crippen LogP contribution in [0.4, 0.5) is 4.39 Å². The highest BCUT2D eigenvalue weighted by molar-refractivity contribution is 5.74. The van der Waals surface area contributed by atoms with Crippen molar-refractivity contribution in [2.75, 3.05) is 20.2 Å². The maximum Gasteiger partial charge on any atom is 0.310 e. The fourth-order valence-electron chi connectivity index (χ4n) is 2.41. The van der Waals surface area contributed by atoms with Gasteiger partial charge in [-0.1, -0.05) is 18.2 Å². The van der Waals surface area contributed by atoms with E-state index in [1.807, 2.05) is 0 Å². The number of rotatable bonds is 2. The Balaban J connectivity index is 2.28. The molecule has 1 aromatic carbocycles. The first kappa shape index (κ1) is 12.0. The van der Waals surface area contributed by atoms with E-state index in [0.29, 0.717) is 12.1 Å². The fraction of sp³-hybridized carbons (Fsp3) is 0.462. The maximum absolute atomic E-state index is 13.7. The second-order valence-electron chi connectivity index (χ2n) is 4.25. The molecule has 1 heterocycles. The summed E-state index contributed by atoms with van der Waals surface area (Å²) in [5.74, 6) is -0.908. The second kappa shape index (κ2) is 5.27. The molecule has 0 bridgehead atoms. The van der Waals surface area contributed by atoms with Crippen LogP contribution in [0.3, 0.4) is 0 Å². The first-order chi connectivity index (χ1) is 8.24. The third-order valence-electron chi connectivity index (χ3n) is 3.29. The number of halogens is 1. The van der Waals surface area contributed by atoms with Crippen LogP contribution in [0.1, 0.15) is 17.9 Å². The first-order valence-corrected chi connectivity index (χ1v) is 5.77. The largest absolute Gasteiger partial charge is 0.469 e. The molecule has 0 radical (unpaired) electrons. The number of piperidine rings is 1. The molecule has 0 amide bonds. The second-order valence-corrected chi connectivity index (χ2v) is 4.25. The number of carbonyl (C=O) groups excluding carboxylic acids is 1. The van der Waals surface area contributed by atoms with Gasteiger partial charge in [0.1, 0.15) is 5.82 Å². The summed E-state index contributed by atoms with van der Waals surface area (Å²) in [5, 5.41) is 3.15. The fourth-order valence-corrected chi connectivity index (χ4v) is 2.41. The Morgan fingerprint density at radius 2 is 2.24 bits per heavy atom. The van der Waals surface area contributed by atoms with Gasteiger partial charge in [0.15, 0.2) is 0 Å². The van der Waals surface area contributed by atoms with Gasteiger partial charge in [-0.05, 0) is 24.6 Å². The van der Waals surface area contributed by atoms with Gasteiger partial charge in [0.25, 0.3) is 0 Å². The van der Waals surface area contributed by atoms with Crippen LogP contribution in [0.5, 0.6) is 0 Å². The molecular weight excluding hydrogens is 221 g/mol. The third kappa shape index (κ3) is 2.47. The van der Waals surface area contributed by atoms with Gasteiger partial charge in [-0.15, -0.1) is 0 Å². The summed E-state index contributed by atoms with van der Waals surface area (Å²) in [4.78, 5) is 11.7. The molecule has 0 spiro atoms. The predicted molar refractivity (Wildman–Crippen MR) is 62.1 cm³/mol. The number of hydrogen-bond acceptors (Lipinski definition) is 3. The first-order valence-electron chi connectivity index (χ1n) is 5.77. The zero-order valence-corrected chi connectivity index (χ0v) is 9.78. The molecule has 2 rings (SSSR count). The molecule has 0 aliphatic carbocycles. The molecule has 2 unspecified atom stereocenters. The lowest BCUT2D eigenvalue weighted by atomic mass is 9.81. The molecule has 1 N–H and O–H groups in total. The predicted octanol–water partition coefficient (Wildman–Crippen LogP) is 1.69. The van der Waals surface area contributed by atoms with Crippen LogP contribution in [0.25, 0.3) is 0 Å². The van der Waals surface area contributed by atoms with Crippen molar-refractivity contribution in [1.82, 2.24) is 5.32 Å². The monoisotopic (exact) mass is 237 g/mol. The zero-order valence-electron chi connectivity index (χ0n) is 9.78. The lowest BCUT2D eigenvalue weighted by Gasteiger charge is -2.30. The van der Waals surface area contributed by atoms with Crippen LogP contribution in [-0.2, 0) is 9.53 Å². The van der Waals surface area contributed by atoms with E-state index in [4.69, 9.17) is 4.74 Å². The van der Waals surface area contributed by atoms with Crippen molar-refractivity contribution < 1.29 is 13.9 Å². The SMILES string of the molecule is COC(=O)C1CNCCC1c1ccccc1F. The Morgan fingerprint density at radius 1 is 1.47 bits per heavy atom. The van der Waals surface area contributed by atoms with E-state index in [1.165, 1.54) is 13.2 Å². The number of esters is 1. The van der Waals surface area contributed by atoms with Crippen molar-refractivity contribution >= 4 is 5.97 Å². The summed E-state index contributed by atoms with van der Waals surface area (Å²) in [7, 11) is 1.37. The molecule has 2 atom stereocenters. The van der Waals surface area contributed by atoms with Crippen molar-refractivity contribution in [2.24, 2.45) is 5.92 Å². The normalized spacial score (nSPS) is 24.4. The van der Waals surface area contributed by atoms with Gasteiger partial charge < -0.3 is 10.1 Å². The van der Waals surface area contributed by atoms with Gasteiger partial charge in [0, 0.05) is 12.5 Å². The van der Waals surface area contributed by atoms with E-state index in [1.54, 1.807) is 18.2 Å². The minimum absolute atomic E-state index is 0.0927. The molecule has 0 saturated carbocycles. The van der Waals surface area contributed by atoms with Crippen LogP contribution in [0.2, 0.25) is 0 Å². The van der Waals surface area contributed by atoms with E-state index in [-0.39, 0.29) is 23.6 Å². The Labute approximate surface area is 100.0 Å². The number of nitrogens with one attached hydrogen (secondary N) is 1. The lowest BCUT2D eigenvalue weighted by Crippen LogP contribution is -2.40. The number of carbonyl (C=O) groups is 1. The summed E-state index contributed by atoms with van der Waals surface area (Å²) in [6.07, 6.45) is 0.751. The molecular formula is C13H16FNO2. The summed E-state index contributed by atoms with van der Waals surface area (Å²) < 4.78 is 18.5. The highest BCUT2D eigenvalue weighted by Crippen LogP contribution is 2.32. The van der Waals surface area contributed by atoms with Crippen LogP contribution in [-0.4, -0.2) is 26.2 Å². The van der Waals surface area contributed by atoms with Crippen LogP contribution in [0, 0.1) is 11.7 Å². The van der Waals surface area contributed by atoms with Gasteiger partial charge in [-0.25, -0.2) is 4.39 Å². The summed E-state index contributed by atoms with van der Waals surface area (Å²) in [6.45, 7) is 1.35. The molecule has 1 aromatic rings. The minimum atomic E-state index is -0.300. The molecule has 0 aromatic heterocycles. The van der Waals surface area contributed by atoms with Gasteiger partial charge in [-0.3, -0.25) is 4.79 Å². The van der Waals surface area contributed by atoms with Gasteiger partial charge in [0.05, 0.1) is 13.0 Å². The Bertz CT molecular complexity index is 408. The topological polar surface area (TPSA) is 38.3 Å². The van der Waals surface area contributed by atoms with E-state index in [0.717, 1.165) is 13.0 Å². The Hall–Kier alpha value is -1.42. The van der Waals surface area contributed by atoms with E-state index in [9.17, 15) is 9.18 Å². The minimum Gasteiger partial charge on any atom is -0.469 e. The smallest absolute Gasteiger partial charge is 0.310 e. The van der Waals surface area contributed by atoms with Crippen LogP contribution < -0.4 is 5.32 Å². The van der Waals surface area contributed by atoms with Gasteiger partial charge in [-0.2, -0.15) is 0 Å². The molecule has 1 aliphatic heterocycles. The quantitative estimate of drug-likeness (QED) is 0.795. The molecule has 1 fully saturated rings. The molecule has 1 saturated heterocycles. The Kier molecular flexibility index (Phi) is 3.74. The summed E-state index contributed by atoms with van der Waals surface area (Å²) >= 11 is 0. The van der Waals surface area contributed by atoms with Crippen molar-refractivity contribution in [2.45, 2.75) is 12.3 Å². The number of ether oxygens (including phenoxy) is 1. The standard InChI is InChI=1S/C13H16FNO2/c1-17-13(16)11-8-15-7-6-9(11)10-4-2-3-5-12(10)14/h2-5,9,11,15H,6-8H2,1H3. The van der Waals surface area contributed by atoms with Crippen molar-refractivity contribution in [1.29, 1.82) is 0 Å². The molecule has 17 heavy (non-hydrogen) atoms. The highest BCUT2D eigenvalue weighted by atomic mass is 19.1. The number of methoxy groups -OCH3 is 1. The average molecular weight is 237 g/mol. The van der Waals surface area contributed by atoms with Gasteiger partial charge in [0.2, 0.25) is 0 Å². The summed E-state index contributed by atoms with van der Waals surface area (Å²) in [6, 6.07) is 6.65. The number of hydrogen-bond donors (Lipinski definition) is 1. The molecule has 92 valence electrons. The van der Waals surface area contributed by atoms with Gasteiger partial charge >= 0.3 is 5.97 Å². The van der Waals surface area contributed by atoms with Crippen LogP contribution in [0.15, 0.2) is 24.3 Å². The highest BCUT2D eigenvalue weighted by Gasteiger charge is 2.33. The van der Waals surface area contributed by atoms with Crippen molar-refractivity contribution in [3.05, 3.63) is 35.6 Å². The van der Waals surface area contributed by atoms with E-state index in [2.05, 4.69) is 5.32 Å². The zero-order chi connectivity index (χ0) is 12.3. The third-order valence-corrected chi connectivity index (χ3v) is 3.29. The van der Waals surface area contributed by atoms with E-state index >= 15 is 0 Å². The molecule has 3 nitrogen and oxygen atoms in total. The Morgan fingerprint density at radius 3 is 2.94 bits per heavy atom. The van der Waals surface area contributed by atoms with E-state index < -0.39 is 0 Å². The van der Waals surface area contributed by atoms with Crippen LogP contribution >= 0.6 is 0 Å². The lowest BCUT2D eigenvalue weighted by molar-refractivity contribution is -0.146. The average Bonchev–Trinajstić information content (AvgIpc) is 2.38. The molecule has 1 aliphatic rings. The molecule has 4 heteroatoms. The summed E-state index contributed by atoms with van der Waals surface area (Å²) in [5.41, 5.74) is 0.615. The van der Waals surface area contributed by atoms with Crippen molar-refractivity contribution in [3.8, 4) is 0 Å². The number of benzene rings is 1.